The molecule has 9 heavy (non-hydrogen) atoms. The number of hydroxylamine groups is 2. The third-order valence-corrected chi connectivity index (χ3v) is 2.00. The Hall–Kier alpha value is -0.0800. The summed E-state index contributed by atoms with van der Waals surface area (Å²) in [4.78, 5) is 0. The van der Waals surface area contributed by atoms with Crippen LogP contribution in [0.15, 0.2) is 0 Å². The Balaban J connectivity index is 2.58. The highest BCUT2D eigenvalue weighted by molar-refractivity contribution is 4.91. The molecule has 1 aliphatic rings. The molecule has 0 aromatic heterocycles. The van der Waals surface area contributed by atoms with Gasteiger partial charge in [0, 0.05) is 5.54 Å². The summed E-state index contributed by atoms with van der Waals surface area (Å²) in [7, 11) is 0. The van der Waals surface area contributed by atoms with Gasteiger partial charge in [-0.1, -0.05) is 6.92 Å². The number of rotatable bonds is 0. The van der Waals surface area contributed by atoms with Crippen LogP contribution in [0, 0.1) is 11.1 Å². The quantitative estimate of drug-likeness (QED) is 0.495. The first kappa shape index (κ1) is 7.03. The van der Waals surface area contributed by atoms with Crippen molar-refractivity contribution in [2.45, 2.75) is 32.7 Å². The van der Waals surface area contributed by atoms with Crippen molar-refractivity contribution < 1.29 is 0 Å². The van der Waals surface area contributed by atoms with Gasteiger partial charge in [0.2, 0.25) is 0 Å². The molecule has 0 radical (unpaired) electrons. The van der Waals surface area contributed by atoms with E-state index in [1.807, 2.05) is 13.8 Å². The zero-order valence-electron chi connectivity index (χ0n) is 6.35. The van der Waals surface area contributed by atoms with Crippen LogP contribution < -0.4 is 0 Å². The first-order valence-corrected chi connectivity index (χ1v) is 3.47. The lowest BCUT2D eigenvalue weighted by Crippen LogP contribution is -2.32. The van der Waals surface area contributed by atoms with Gasteiger partial charge in [0.25, 0.3) is 0 Å². The summed E-state index contributed by atoms with van der Waals surface area (Å²) in [5.74, 6) is 0.581. The van der Waals surface area contributed by atoms with Gasteiger partial charge in [-0.2, -0.15) is 0 Å². The average Bonchev–Trinajstić information content (AvgIpc) is 1.79. The second kappa shape index (κ2) is 1.96. The normalized spacial score (nSPS) is 35.3. The Morgan fingerprint density at radius 3 is 2.22 bits per heavy atom. The van der Waals surface area contributed by atoms with Gasteiger partial charge >= 0.3 is 0 Å². The zero-order chi connectivity index (χ0) is 7.07. The van der Waals surface area contributed by atoms with E-state index in [1.54, 1.807) is 0 Å². The van der Waals surface area contributed by atoms with Gasteiger partial charge < -0.3 is 10.3 Å². The maximum Gasteiger partial charge on any atom is 0.00360 e. The van der Waals surface area contributed by atoms with Gasteiger partial charge in [0.1, 0.15) is 0 Å². The molecule has 1 saturated heterocycles. The second-order valence-electron chi connectivity index (χ2n) is 3.68. The Morgan fingerprint density at radius 1 is 1.56 bits per heavy atom. The second-order valence-corrected chi connectivity index (χ2v) is 3.68. The summed E-state index contributed by atoms with van der Waals surface area (Å²) in [6.45, 7) is 6.85. The number of hydrogen-bond acceptors (Lipinski definition) is 2. The van der Waals surface area contributed by atoms with Crippen LogP contribution in [-0.2, 0) is 0 Å². The molecule has 54 valence electrons. The van der Waals surface area contributed by atoms with E-state index in [2.05, 4.69) is 6.92 Å². The largest absolute Gasteiger partial charge is 0.785 e. The van der Waals surface area contributed by atoms with Gasteiger partial charge in [-0.15, -0.1) is 0 Å². The van der Waals surface area contributed by atoms with Crippen LogP contribution in [0.5, 0.6) is 0 Å². The van der Waals surface area contributed by atoms with Crippen molar-refractivity contribution in [3.05, 3.63) is 5.21 Å². The minimum absolute atomic E-state index is 0.0978. The predicted octanol–water partition coefficient (Wildman–Crippen LogP) is 1.60. The summed E-state index contributed by atoms with van der Waals surface area (Å²) in [5.41, 5.74) is -0.0978. The molecule has 0 spiro atoms. The van der Waals surface area contributed by atoms with Crippen molar-refractivity contribution in [3.63, 3.8) is 0 Å². The Labute approximate surface area is 56.4 Å². The summed E-state index contributed by atoms with van der Waals surface area (Å²) in [5, 5.41) is 12.2. The van der Waals surface area contributed by atoms with E-state index < -0.39 is 0 Å². The van der Waals surface area contributed by atoms with Gasteiger partial charge in [0.15, 0.2) is 0 Å². The van der Waals surface area contributed by atoms with Crippen molar-refractivity contribution >= 4 is 0 Å². The van der Waals surface area contributed by atoms with Gasteiger partial charge in [-0.3, -0.25) is 0 Å². The lowest BCUT2D eigenvalue weighted by atomic mass is 9.98. The SMILES string of the molecule is CC1CN([O-])C(C)(C)C1. The van der Waals surface area contributed by atoms with Crippen LogP contribution in [0.2, 0.25) is 0 Å². The van der Waals surface area contributed by atoms with Crippen LogP contribution in [0.4, 0.5) is 0 Å². The fourth-order valence-electron chi connectivity index (χ4n) is 1.55. The molecule has 0 N–H and O–H groups in total. The molecule has 1 fully saturated rings. The molecular formula is C7H14NO-. The minimum Gasteiger partial charge on any atom is -0.785 e. The van der Waals surface area contributed by atoms with Crippen LogP contribution in [0.3, 0.4) is 0 Å². The number of hydrogen-bond donors (Lipinski definition) is 0. The van der Waals surface area contributed by atoms with Crippen molar-refractivity contribution in [3.8, 4) is 0 Å². The van der Waals surface area contributed by atoms with E-state index in [-0.39, 0.29) is 5.54 Å². The monoisotopic (exact) mass is 128 g/mol. The summed E-state index contributed by atoms with van der Waals surface area (Å²) < 4.78 is 0. The molecular weight excluding hydrogens is 114 g/mol. The molecule has 0 amide bonds. The Morgan fingerprint density at radius 2 is 2.11 bits per heavy atom. The molecule has 1 heterocycles. The summed E-state index contributed by atoms with van der Waals surface area (Å²) >= 11 is 0. The average molecular weight is 128 g/mol. The molecule has 1 unspecified atom stereocenters. The molecule has 0 aromatic carbocycles. The third-order valence-electron chi connectivity index (χ3n) is 2.00. The van der Waals surface area contributed by atoms with Gasteiger partial charge in [-0.05, 0) is 32.7 Å². The topological polar surface area (TPSA) is 26.3 Å². The standard InChI is InChI=1S/C7H14NO/c1-6-4-7(2,3)8(9)5-6/h6H,4-5H2,1-3H3/q-1. The fraction of sp³-hybridized carbons (Fsp3) is 1.00. The van der Waals surface area contributed by atoms with Crippen LogP contribution >= 0.6 is 0 Å². The van der Waals surface area contributed by atoms with E-state index in [0.29, 0.717) is 12.5 Å². The molecule has 1 aliphatic heterocycles. The molecule has 1 rings (SSSR count). The van der Waals surface area contributed by atoms with Crippen LogP contribution in [0.1, 0.15) is 27.2 Å². The summed E-state index contributed by atoms with van der Waals surface area (Å²) in [6.07, 6.45) is 1.04. The highest BCUT2D eigenvalue weighted by atomic mass is 16.5. The Bertz CT molecular complexity index is 111. The van der Waals surface area contributed by atoms with Crippen LogP contribution in [-0.4, -0.2) is 17.1 Å². The zero-order valence-corrected chi connectivity index (χ0v) is 6.35. The molecule has 1 atom stereocenters. The summed E-state index contributed by atoms with van der Waals surface area (Å²) in [6, 6.07) is 0. The van der Waals surface area contributed by atoms with E-state index in [0.717, 1.165) is 6.42 Å². The van der Waals surface area contributed by atoms with Gasteiger partial charge in [-0.25, -0.2) is 0 Å². The van der Waals surface area contributed by atoms with E-state index in [9.17, 15) is 5.21 Å². The molecule has 0 saturated carbocycles. The first-order chi connectivity index (χ1) is 4.02. The maximum absolute atomic E-state index is 11.0. The number of nitrogens with zero attached hydrogens (tertiary/aromatic N) is 1. The van der Waals surface area contributed by atoms with Crippen molar-refractivity contribution in [1.82, 2.24) is 5.06 Å². The lowest BCUT2D eigenvalue weighted by Gasteiger charge is -2.36. The van der Waals surface area contributed by atoms with E-state index in [4.69, 9.17) is 0 Å². The highest BCUT2D eigenvalue weighted by Crippen LogP contribution is 2.30. The van der Waals surface area contributed by atoms with Crippen molar-refractivity contribution in [2.75, 3.05) is 6.54 Å². The van der Waals surface area contributed by atoms with Crippen molar-refractivity contribution in [2.24, 2.45) is 5.92 Å². The first-order valence-electron chi connectivity index (χ1n) is 3.47. The predicted molar refractivity (Wildman–Crippen MR) is 37.9 cm³/mol. The van der Waals surface area contributed by atoms with Crippen molar-refractivity contribution in [1.29, 1.82) is 0 Å². The molecule has 2 heteroatoms. The third kappa shape index (κ3) is 1.25. The molecule has 2 nitrogen and oxygen atoms in total. The van der Waals surface area contributed by atoms with E-state index in [1.165, 1.54) is 5.06 Å². The maximum atomic E-state index is 11.0. The fourth-order valence-corrected chi connectivity index (χ4v) is 1.55. The van der Waals surface area contributed by atoms with Gasteiger partial charge in [0.05, 0.1) is 0 Å². The van der Waals surface area contributed by atoms with Crippen LogP contribution in [0.25, 0.3) is 0 Å². The minimum atomic E-state index is -0.0978. The Kier molecular flexibility index (Phi) is 1.53. The molecule has 0 aliphatic carbocycles. The molecule has 0 aromatic rings. The lowest BCUT2D eigenvalue weighted by molar-refractivity contribution is 0.251. The highest BCUT2D eigenvalue weighted by Gasteiger charge is 2.29. The smallest absolute Gasteiger partial charge is 0.00360 e. The molecule has 0 bridgehead atoms. The van der Waals surface area contributed by atoms with E-state index >= 15 is 0 Å².